The molecule has 112 valence electrons. The van der Waals surface area contributed by atoms with E-state index < -0.39 is 0 Å². The van der Waals surface area contributed by atoms with E-state index in [0.29, 0.717) is 13.4 Å². The van der Waals surface area contributed by atoms with E-state index in [1.165, 1.54) is 19.3 Å². The number of hydrogen-bond donors (Lipinski definition) is 1. The van der Waals surface area contributed by atoms with Crippen molar-refractivity contribution in [3.05, 3.63) is 23.8 Å². The Balaban J connectivity index is 1.51. The highest BCUT2D eigenvalue weighted by atomic mass is 16.7. The number of unbranched alkanes of at least 4 members (excludes halogenated alkanes) is 3. The Bertz CT molecular complexity index is 395. The fraction of sp³-hybridized carbons (Fsp3) is 0.625. The van der Waals surface area contributed by atoms with E-state index in [1.807, 2.05) is 18.2 Å². The van der Waals surface area contributed by atoms with Crippen LogP contribution >= 0.6 is 0 Å². The highest BCUT2D eigenvalue weighted by Gasteiger charge is 2.12. The Morgan fingerprint density at radius 1 is 1.10 bits per heavy atom. The van der Waals surface area contributed by atoms with Crippen LogP contribution in [-0.2, 0) is 11.3 Å². The molecule has 0 fully saturated rings. The van der Waals surface area contributed by atoms with Gasteiger partial charge in [-0.2, -0.15) is 0 Å². The molecule has 1 aliphatic heterocycles. The summed E-state index contributed by atoms with van der Waals surface area (Å²) in [6, 6.07) is 5.98. The third kappa shape index (κ3) is 5.02. The Labute approximate surface area is 121 Å². The average molecular weight is 279 g/mol. The number of rotatable bonds is 10. The van der Waals surface area contributed by atoms with E-state index in [1.54, 1.807) is 0 Å². The number of hydrogen-bond acceptors (Lipinski definition) is 4. The van der Waals surface area contributed by atoms with Gasteiger partial charge in [0.25, 0.3) is 0 Å². The lowest BCUT2D eigenvalue weighted by molar-refractivity contribution is 0.116. The minimum absolute atomic E-state index is 0.326. The van der Waals surface area contributed by atoms with Crippen molar-refractivity contribution in [3.63, 3.8) is 0 Å². The number of nitrogens with one attached hydrogen (secondary N) is 1. The quantitative estimate of drug-likeness (QED) is 0.668. The molecule has 0 spiro atoms. The summed E-state index contributed by atoms with van der Waals surface area (Å²) in [5, 5.41) is 3.34. The largest absolute Gasteiger partial charge is 0.454 e. The molecule has 0 bridgehead atoms. The highest BCUT2D eigenvalue weighted by molar-refractivity contribution is 5.44. The zero-order chi connectivity index (χ0) is 14.0. The first kappa shape index (κ1) is 15.1. The van der Waals surface area contributed by atoms with Gasteiger partial charge in [-0.15, -0.1) is 0 Å². The lowest BCUT2D eigenvalue weighted by atomic mass is 10.2. The molecule has 0 aromatic heterocycles. The van der Waals surface area contributed by atoms with Crippen LogP contribution in [0.5, 0.6) is 11.5 Å². The number of benzene rings is 1. The van der Waals surface area contributed by atoms with Gasteiger partial charge in [0.15, 0.2) is 11.5 Å². The second-order valence-electron chi connectivity index (χ2n) is 5.01. The summed E-state index contributed by atoms with van der Waals surface area (Å²) in [4.78, 5) is 0. The molecule has 20 heavy (non-hydrogen) atoms. The molecule has 1 aromatic rings. The maximum Gasteiger partial charge on any atom is 0.231 e. The van der Waals surface area contributed by atoms with Crippen molar-refractivity contribution in [1.82, 2.24) is 5.32 Å². The second kappa shape index (κ2) is 8.82. The third-order valence-electron chi connectivity index (χ3n) is 3.35. The van der Waals surface area contributed by atoms with E-state index in [-0.39, 0.29) is 0 Å². The molecular formula is C16H25NO3. The SMILES string of the molecule is CCNCCCCCCOCc1ccc2c(c1)OCO2. The van der Waals surface area contributed by atoms with Gasteiger partial charge in [0.1, 0.15) is 0 Å². The molecule has 0 aliphatic carbocycles. The van der Waals surface area contributed by atoms with Crippen molar-refractivity contribution in [2.24, 2.45) is 0 Å². The molecule has 1 heterocycles. The Kier molecular flexibility index (Phi) is 6.68. The zero-order valence-corrected chi connectivity index (χ0v) is 12.3. The van der Waals surface area contributed by atoms with Crippen molar-refractivity contribution in [1.29, 1.82) is 0 Å². The van der Waals surface area contributed by atoms with Gasteiger partial charge in [0.2, 0.25) is 6.79 Å². The number of fused-ring (bicyclic) bond motifs is 1. The van der Waals surface area contributed by atoms with Gasteiger partial charge in [-0.1, -0.05) is 25.8 Å². The normalized spacial score (nSPS) is 12.8. The molecule has 0 atom stereocenters. The second-order valence-corrected chi connectivity index (χ2v) is 5.01. The van der Waals surface area contributed by atoms with Crippen LogP contribution in [0, 0.1) is 0 Å². The first-order valence-electron chi connectivity index (χ1n) is 7.57. The van der Waals surface area contributed by atoms with Gasteiger partial charge in [0.05, 0.1) is 6.61 Å². The van der Waals surface area contributed by atoms with Crippen molar-refractivity contribution in [2.45, 2.75) is 39.2 Å². The predicted octanol–water partition coefficient (Wildman–Crippen LogP) is 3.10. The Hall–Kier alpha value is -1.26. The summed E-state index contributed by atoms with van der Waals surface area (Å²) in [7, 11) is 0. The van der Waals surface area contributed by atoms with Crippen LogP contribution in [-0.4, -0.2) is 26.5 Å². The van der Waals surface area contributed by atoms with E-state index in [9.17, 15) is 0 Å². The molecule has 1 N–H and O–H groups in total. The maximum atomic E-state index is 5.70. The lowest BCUT2D eigenvalue weighted by Gasteiger charge is -2.06. The van der Waals surface area contributed by atoms with Crippen LogP contribution in [0.2, 0.25) is 0 Å². The summed E-state index contributed by atoms with van der Waals surface area (Å²) >= 11 is 0. The van der Waals surface area contributed by atoms with Gasteiger partial charge >= 0.3 is 0 Å². The molecule has 1 aliphatic rings. The summed E-state index contributed by atoms with van der Waals surface area (Å²) in [6.07, 6.45) is 4.92. The van der Waals surface area contributed by atoms with Gasteiger partial charge in [-0.25, -0.2) is 0 Å². The summed E-state index contributed by atoms with van der Waals surface area (Å²) < 4.78 is 16.3. The summed E-state index contributed by atoms with van der Waals surface area (Å²) in [5.74, 6) is 1.66. The lowest BCUT2D eigenvalue weighted by Crippen LogP contribution is -2.13. The van der Waals surface area contributed by atoms with E-state index in [2.05, 4.69) is 12.2 Å². The van der Waals surface area contributed by atoms with Crippen LogP contribution in [0.25, 0.3) is 0 Å². The predicted molar refractivity (Wildman–Crippen MR) is 79.2 cm³/mol. The Morgan fingerprint density at radius 2 is 1.95 bits per heavy atom. The molecular weight excluding hydrogens is 254 g/mol. The molecule has 0 amide bonds. The first-order valence-corrected chi connectivity index (χ1v) is 7.57. The van der Waals surface area contributed by atoms with Gasteiger partial charge < -0.3 is 19.5 Å². The van der Waals surface area contributed by atoms with Gasteiger partial charge in [-0.3, -0.25) is 0 Å². The van der Waals surface area contributed by atoms with E-state index in [4.69, 9.17) is 14.2 Å². The highest BCUT2D eigenvalue weighted by Crippen LogP contribution is 2.32. The van der Waals surface area contributed by atoms with Crippen LogP contribution in [0.4, 0.5) is 0 Å². The minimum Gasteiger partial charge on any atom is -0.454 e. The van der Waals surface area contributed by atoms with Crippen LogP contribution in [0.15, 0.2) is 18.2 Å². The van der Waals surface area contributed by atoms with Crippen LogP contribution in [0.3, 0.4) is 0 Å². The Morgan fingerprint density at radius 3 is 2.85 bits per heavy atom. The van der Waals surface area contributed by atoms with Gasteiger partial charge in [0, 0.05) is 6.61 Å². The average Bonchev–Trinajstić information content (AvgIpc) is 2.93. The molecule has 0 radical (unpaired) electrons. The summed E-state index contributed by atoms with van der Waals surface area (Å²) in [5.41, 5.74) is 1.14. The molecule has 0 saturated carbocycles. The van der Waals surface area contributed by atoms with E-state index >= 15 is 0 Å². The molecule has 0 unspecified atom stereocenters. The summed E-state index contributed by atoms with van der Waals surface area (Å²) in [6.45, 7) is 6.15. The topological polar surface area (TPSA) is 39.7 Å². The van der Waals surface area contributed by atoms with E-state index in [0.717, 1.165) is 43.2 Å². The molecule has 0 saturated heterocycles. The maximum absolute atomic E-state index is 5.70. The first-order chi connectivity index (χ1) is 9.90. The molecule has 4 nitrogen and oxygen atoms in total. The van der Waals surface area contributed by atoms with Crippen molar-refractivity contribution in [3.8, 4) is 11.5 Å². The van der Waals surface area contributed by atoms with Crippen LogP contribution < -0.4 is 14.8 Å². The zero-order valence-electron chi connectivity index (χ0n) is 12.3. The van der Waals surface area contributed by atoms with Crippen molar-refractivity contribution < 1.29 is 14.2 Å². The van der Waals surface area contributed by atoms with Crippen molar-refractivity contribution >= 4 is 0 Å². The molecule has 4 heteroatoms. The fourth-order valence-corrected chi connectivity index (χ4v) is 2.21. The van der Waals surface area contributed by atoms with Crippen molar-refractivity contribution in [2.75, 3.05) is 26.5 Å². The number of ether oxygens (including phenoxy) is 3. The monoisotopic (exact) mass is 279 g/mol. The standard InChI is InChI=1S/C16H25NO3/c1-2-17-9-5-3-4-6-10-18-12-14-7-8-15-16(11-14)20-13-19-15/h7-8,11,17H,2-6,9-10,12-13H2,1H3. The third-order valence-corrected chi connectivity index (χ3v) is 3.35. The minimum atomic E-state index is 0.326. The molecule has 2 rings (SSSR count). The van der Waals surface area contributed by atoms with Crippen LogP contribution in [0.1, 0.15) is 38.2 Å². The van der Waals surface area contributed by atoms with Gasteiger partial charge in [-0.05, 0) is 43.6 Å². The smallest absolute Gasteiger partial charge is 0.231 e. The molecule has 1 aromatic carbocycles. The fourth-order valence-electron chi connectivity index (χ4n) is 2.21.